The Hall–Kier alpha value is -1.89. The van der Waals surface area contributed by atoms with Gasteiger partial charge in [-0.05, 0) is 12.1 Å². The molecule has 1 aliphatic carbocycles. The molecule has 1 aromatic carbocycles. The second-order valence-corrected chi connectivity index (χ2v) is 3.90. The van der Waals surface area contributed by atoms with Crippen LogP contribution in [0.15, 0.2) is 18.2 Å². The van der Waals surface area contributed by atoms with Crippen molar-refractivity contribution >= 4 is 5.78 Å². The van der Waals surface area contributed by atoms with Crippen LogP contribution in [0.1, 0.15) is 18.4 Å². The van der Waals surface area contributed by atoms with Crippen LogP contribution < -0.4 is 4.74 Å². The van der Waals surface area contributed by atoms with Gasteiger partial charge >= 0.3 is 0 Å². The van der Waals surface area contributed by atoms with Gasteiger partial charge < -0.3 is 4.74 Å². The quantitative estimate of drug-likeness (QED) is 0.763. The Morgan fingerprint density at radius 1 is 1.50 bits per heavy atom. The predicted octanol–water partition coefficient (Wildman–Crippen LogP) is 1.96. The molecule has 0 spiro atoms. The zero-order valence-electron chi connectivity index (χ0n) is 8.79. The molecule has 1 saturated carbocycles. The van der Waals surface area contributed by atoms with E-state index in [1.165, 1.54) is 19.2 Å². The predicted molar refractivity (Wildman–Crippen MR) is 54.5 cm³/mol. The largest absolute Gasteiger partial charge is 0.496 e. The fourth-order valence-corrected chi connectivity index (χ4v) is 2.07. The number of hydrogen-bond donors (Lipinski definition) is 0. The number of ketones is 1. The summed E-state index contributed by atoms with van der Waals surface area (Å²) in [6.45, 7) is 0. The first kappa shape index (κ1) is 10.6. The first-order valence-corrected chi connectivity index (χ1v) is 4.89. The van der Waals surface area contributed by atoms with Gasteiger partial charge in [0.2, 0.25) is 0 Å². The molecule has 0 aromatic heterocycles. The van der Waals surface area contributed by atoms with Crippen molar-refractivity contribution in [2.24, 2.45) is 0 Å². The maximum Gasteiger partial charge on any atom is 0.136 e. The highest BCUT2D eigenvalue weighted by Crippen LogP contribution is 2.45. The molecule has 0 radical (unpaired) electrons. The number of carbonyl (C=O) groups excluding carboxylic acids is 1. The van der Waals surface area contributed by atoms with Gasteiger partial charge in [-0.15, -0.1) is 0 Å². The molecule has 1 fully saturated rings. The van der Waals surface area contributed by atoms with Crippen molar-refractivity contribution in [3.05, 3.63) is 29.6 Å². The summed E-state index contributed by atoms with van der Waals surface area (Å²) < 4.78 is 18.8. The minimum absolute atomic E-state index is 0.0214. The molecule has 1 aromatic rings. The van der Waals surface area contributed by atoms with Gasteiger partial charge in [-0.1, -0.05) is 6.07 Å². The summed E-state index contributed by atoms with van der Waals surface area (Å²) in [5, 5.41) is 9.13. The summed E-state index contributed by atoms with van der Waals surface area (Å²) in [4.78, 5) is 11.0. The number of hydrogen-bond acceptors (Lipinski definition) is 3. The Balaban J connectivity index is 2.55. The number of nitrogens with zero attached hydrogens (tertiary/aromatic N) is 1. The van der Waals surface area contributed by atoms with E-state index in [1.54, 1.807) is 6.07 Å². The van der Waals surface area contributed by atoms with Crippen molar-refractivity contribution in [1.29, 1.82) is 5.26 Å². The van der Waals surface area contributed by atoms with E-state index in [0.717, 1.165) is 0 Å². The van der Waals surface area contributed by atoms with Crippen LogP contribution in [0.3, 0.4) is 0 Å². The van der Waals surface area contributed by atoms with Crippen molar-refractivity contribution < 1.29 is 13.9 Å². The molecule has 0 bridgehead atoms. The number of carbonyl (C=O) groups is 1. The van der Waals surface area contributed by atoms with E-state index in [1.807, 2.05) is 6.07 Å². The highest BCUT2D eigenvalue weighted by molar-refractivity contribution is 5.90. The third-order valence-corrected chi connectivity index (χ3v) is 2.89. The fourth-order valence-electron chi connectivity index (χ4n) is 2.07. The second-order valence-electron chi connectivity index (χ2n) is 3.90. The molecule has 16 heavy (non-hydrogen) atoms. The summed E-state index contributed by atoms with van der Waals surface area (Å²) in [5.41, 5.74) is -0.826. The Labute approximate surface area is 92.4 Å². The number of methoxy groups -OCH3 is 1. The maximum absolute atomic E-state index is 13.7. The molecule has 0 amide bonds. The highest BCUT2D eigenvalue weighted by Gasteiger charge is 2.48. The van der Waals surface area contributed by atoms with Crippen LogP contribution in [-0.2, 0) is 10.2 Å². The summed E-state index contributed by atoms with van der Waals surface area (Å²) in [6, 6.07) is 6.43. The molecule has 82 valence electrons. The van der Waals surface area contributed by atoms with E-state index in [0.29, 0.717) is 5.75 Å². The fraction of sp³-hybridized carbons (Fsp3) is 0.333. The SMILES string of the molecule is COc1cccc(F)c1C1(C#N)CC(=O)C1. The number of ether oxygens (including phenoxy) is 1. The third-order valence-electron chi connectivity index (χ3n) is 2.89. The first-order chi connectivity index (χ1) is 7.63. The van der Waals surface area contributed by atoms with Gasteiger partial charge in [-0.3, -0.25) is 4.79 Å². The molecule has 2 rings (SSSR count). The van der Waals surface area contributed by atoms with E-state index >= 15 is 0 Å². The lowest BCUT2D eigenvalue weighted by Crippen LogP contribution is -2.41. The van der Waals surface area contributed by atoms with Crippen LogP contribution in [0.2, 0.25) is 0 Å². The summed E-state index contributed by atoms with van der Waals surface area (Å²) in [7, 11) is 1.42. The smallest absolute Gasteiger partial charge is 0.136 e. The lowest BCUT2D eigenvalue weighted by Gasteiger charge is -2.35. The number of benzene rings is 1. The van der Waals surface area contributed by atoms with Gasteiger partial charge in [0.1, 0.15) is 22.8 Å². The Bertz CT molecular complexity index is 482. The van der Waals surface area contributed by atoms with E-state index in [9.17, 15) is 9.18 Å². The van der Waals surface area contributed by atoms with Gasteiger partial charge in [0.05, 0.1) is 18.7 Å². The lowest BCUT2D eigenvalue weighted by atomic mass is 9.64. The van der Waals surface area contributed by atoms with Gasteiger partial charge in [-0.25, -0.2) is 4.39 Å². The standard InChI is InChI=1S/C12H10FNO2/c1-16-10-4-2-3-9(13)11(10)12(7-14)5-8(15)6-12/h2-4H,5-6H2,1H3. The average molecular weight is 219 g/mol. The third kappa shape index (κ3) is 1.36. The molecule has 1 aliphatic rings. The van der Waals surface area contributed by atoms with Crippen LogP contribution in [-0.4, -0.2) is 12.9 Å². The van der Waals surface area contributed by atoms with E-state index < -0.39 is 11.2 Å². The molecular weight excluding hydrogens is 209 g/mol. The maximum atomic E-state index is 13.7. The van der Waals surface area contributed by atoms with Crippen molar-refractivity contribution in [3.8, 4) is 11.8 Å². The second kappa shape index (κ2) is 3.60. The van der Waals surface area contributed by atoms with Gasteiger partial charge in [0.25, 0.3) is 0 Å². The lowest BCUT2D eigenvalue weighted by molar-refractivity contribution is -0.126. The molecule has 0 heterocycles. The zero-order valence-corrected chi connectivity index (χ0v) is 8.79. The molecule has 0 N–H and O–H groups in total. The highest BCUT2D eigenvalue weighted by atomic mass is 19.1. The monoisotopic (exact) mass is 219 g/mol. The Morgan fingerprint density at radius 2 is 2.19 bits per heavy atom. The van der Waals surface area contributed by atoms with Gasteiger partial charge in [0, 0.05) is 12.8 Å². The number of nitriles is 1. The molecule has 0 atom stereocenters. The molecule has 0 unspecified atom stereocenters. The van der Waals surface area contributed by atoms with Gasteiger partial charge in [-0.2, -0.15) is 5.26 Å². The minimum atomic E-state index is -1.03. The van der Waals surface area contributed by atoms with E-state index in [4.69, 9.17) is 10.00 Å². The van der Waals surface area contributed by atoms with Crippen molar-refractivity contribution in [2.45, 2.75) is 18.3 Å². The number of halogens is 1. The van der Waals surface area contributed by atoms with Crippen molar-refractivity contribution in [3.63, 3.8) is 0 Å². The molecule has 0 saturated heterocycles. The first-order valence-electron chi connectivity index (χ1n) is 4.89. The normalized spacial score (nSPS) is 17.4. The topological polar surface area (TPSA) is 50.1 Å². The minimum Gasteiger partial charge on any atom is -0.496 e. The van der Waals surface area contributed by atoms with E-state index in [-0.39, 0.29) is 24.2 Å². The van der Waals surface area contributed by atoms with Crippen LogP contribution in [0.4, 0.5) is 4.39 Å². The molecule has 3 nitrogen and oxygen atoms in total. The Morgan fingerprint density at radius 3 is 2.69 bits per heavy atom. The van der Waals surface area contributed by atoms with Crippen LogP contribution >= 0.6 is 0 Å². The van der Waals surface area contributed by atoms with E-state index in [2.05, 4.69) is 0 Å². The van der Waals surface area contributed by atoms with Gasteiger partial charge in [0.15, 0.2) is 0 Å². The van der Waals surface area contributed by atoms with Crippen LogP contribution in [0.5, 0.6) is 5.75 Å². The molecular formula is C12H10FNO2. The average Bonchev–Trinajstić information content (AvgIpc) is 2.24. The molecule has 4 heteroatoms. The summed E-state index contributed by atoms with van der Waals surface area (Å²) >= 11 is 0. The van der Waals surface area contributed by atoms with Crippen LogP contribution in [0.25, 0.3) is 0 Å². The summed E-state index contributed by atoms with van der Waals surface area (Å²) in [6.07, 6.45) is 0.140. The summed E-state index contributed by atoms with van der Waals surface area (Å²) in [5.74, 6) is -0.186. The van der Waals surface area contributed by atoms with Crippen LogP contribution in [0, 0.1) is 17.1 Å². The Kier molecular flexibility index (Phi) is 2.39. The van der Waals surface area contributed by atoms with Crippen molar-refractivity contribution in [1.82, 2.24) is 0 Å². The number of rotatable bonds is 2. The van der Waals surface area contributed by atoms with Crippen molar-refractivity contribution in [2.75, 3.05) is 7.11 Å². The number of Topliss-reactive ketones (excluding diaryl/α,β-unsaturated/α-hetero) is 1. The molecule has 0 aliphatic heterocycles. The zero-order chi connectivity index (χ0) is 11.8.